The van der Waals surface area contributed by atoms with Gasteiger partial charge in [-0.3, -0.25) is 9.69 Å². The molecule has 1 atom stereocenters. The zero-order valence-corrected chi connectivity index (χ0v) is 19.3. The molecule has 8 heteroatoms. The monoisotopic (exact) mass is 453 g/mol. The van der Waals surface area contributed by atoms with Crippen LogP contribution in [0.15, 0.2) is 36.5 Å². The standard InChI is InChI=1S/C25H32FN5O2/c1-29-22(16-19-2-4-20(26)5-3-19)17-25(23(29)32)7-10-30(11-8-25)18-21-6-9-27-24(28-21)31-12-14-33-15-13-31/h2-6,9,22H,7-8,10-18H2,1H3. The fraction of sp³-hybridized carbons (Fsp3) is 0.560. The number of likely N-dealkylation sites (tertiary alicyclic amines) is 2. The van der Waals surface area contributed by atoms with Gasteiger partial charge >= 0.3 is 0 Å². The number of piperidine rings is 1. The fourth-order valence-corrected chi connectivity index (χ4v) is 5.49. The summed E-state index contributed by atoms with van der Waals surface area (Å²) in [6.07, 6.45) is 5.24. The van der Waals surface area contributed by atoms with E-state index in [-0.39, 0.29) is 23.2 Å². The maximum atomic E-state index is 13.2. The summed E-state index contributed by atoms with van der Waals surface area (Å²) in [5, 5.41) is 0. The Labute approximate surface area is 194 Å². The van der Waals surface area contributed by atoms with Gasteiger partial charge in [-0.25, -0.2) is 14.4 Å². The number of benzene rings is 1. The molecular formula is C25H32FN5O2. The maximum Gasteiger partial charge on any atom is 0.228 e. The molecule has 1 aromatic carbocycles. The van der Waals surface area contributed by atoms with E-state index >= 15 is 0 Å². The first-order valence-corrected chi connectivity index (χ1v) is 11.9. The molecule has 0 N–H and O–H groups in total. The van der Waals surface area contributed by atoms with Crippen LogP contribution in [0.25, 0.3) is 0 Å². The van der Waals surface area contributed by atoms with Gasteiger partial charge in [0.2, 0.25) is 11.9 Å². The maximum absolute atomic E-state index is 13.2. The highest BCUT2D eigenvalue weighted by Crippen LogP contribution is 2.44. The normalized spacial score (nSPS) is 23.5. The van der Waals surface area contributed by atoms with E-state index in [0.717, 1.165) is 75.6 Å². The molecule has 1 spiro atoms. The van der Waals surface area contributed by atoms with E-state index in [9.17, 15) is 9.18 Å². The Balaban J connectivity index is 1.19. The van der Waals surface area contributed by atoms with Gasteiger partial charge < -0.3 is 14.5 Å². The molecule has 3 saturated heterocycles. The Hall–Kier alpha value is -2.58. The van der Waals surface area contributed by atoms with Crippen LogP contribution in [0.5, 0.6) is 0 Å². The van der Waals surface area contributed by atoms with Gasteiger partial charge in [0.15, 0.2) is 0 Å². The fourth-order valence-electron chi connectivity index (χ4n) is 5.49. The number of morpholine rings is 1. The number of likely N-dealkylation sites (N-methyl/N-ethyl adjacent to an activating group) is 1. The molecule has 2 aromatic rings. The van der Waals surface area contributed by atoms with Crippen LogP contribution in [-0.4, -0.2) is 78.2 Å². The summed E-state index contributed by atoms with van der Waals surface area (Å²) >= 11 is 0. The molecule has 3 aliphatic heterocycles. The second-order valence-electron chi connectivity index (χ2n) is 9.61. The van der Waals surface area contributed by atoms with Crippen molar-refractivity contribution in [3.05, 3.63) is 53.6 Å². The first-order chi connectivity index (χ1) is 16.0. The summed E-state index contributed by atoms with van der Waals surface area (Å²) in [5.41, 5.74) is 1.84. The van der Waals surface area contributed by atoms with Crippen molar-refractivity contribution in [3.8, 4) is 0 Å². The lowest BCUT2D eigenvalue weighted by Crippen LogP contribution is -2.44. The predicted octanol–water partition coefficient (Wildman–Crippen LogP) is 2.51. The smallest absolute Gasteiger partial charge is 0.228 e. The average molecular weight is 454 g/mol. The van der Waals surface area contributed by atoms with Crippen molar-refractivity contribution >= 4 is 11.9 Å². The quantitative estimate of drug-likeness (QED) is 0.693. The molecule has 3 fully saturated rings. The van der Waals surface area contributed by atoms with Crippen LogP contribution in [0.2, 0.25) is 0 Å². The Morgan fingerprint density at radius 1 is 1.09 bits per heavy atom. The predicted molar refractivity (Wildman–Crippen MR) is 123 cm³/mol. The van der Waals surface area contributed by atoms with Crippen LogP contribution < -0.4 is 4.90 Å². The zero-order chi connectivity index (χ0) is 22.8. The van der Waals surface area contributed by atoms with Gasteiger partial charge in [-0.15, -0.1) is 0 Å². The number of hydrogen-bond acceptors (Lipinski definition) is 6. The van der Waals surface area contributed by atoms with E-state index < -0.39 is 0 Å². The van der Waals surface area contributed by atoms with E-state index in [1.165, 1.54) is 12.1 Å². The summed E-state index contributed by atoms with van der Waals surface area (Å²) in [6, 6.07) is 8.81. The van der Waals surface area contributed by atoms with Crippen molar-refractivity contribution in [2.24, 2.45) is 5.41 Å². The lowest BCUT2D eigenvalue weighted by atomic mass is 9.75. The van der Waals surface area contributed by atoms with Crippen molar-refractivity contribution in [1.82, 2.24) is 19.8 Å². The average Bonchev–Trinajstić information content (AvgIpc) is 3.07. The molecule has 4 heterocycles. The third kappa shape index (κ3) is 4.73. The minimum Gasteiger partial charge on any atom is -0.378 e. The molecule has 1 unspecified atom stereocenters. The number of aromatic nitrogens is 2. The number of anilines is 1. The third-order valence-corrected chi connectivity index (χ3v) is 7.53. The lowest BCUT2D eigenvalue weighted by Gasteiger charge is -2.37. The molecule has 0 aliphatic carbocycles. The lowest BCUT2D eigenvalue weighted by molar-refractivity contribution is -0.137. The van der Waals surface area contributed by atoms with E-state index in [1.807, 2.05) is 36.3 Å². The number of carbonyl (C=O) groups is 1. The topological polar surface area (TPSA) is 61.8 Å². The number of halogens is 1. The summed E-state index contributed by atoms with van der Waals surface area (Å²) in [7, 11) is 1.92. The summed E-state index contributed by atoms with van der Waals surface area (Å²) in [6.45, 7) is 5.63. The largest absolute Gasteiger partial charge is 0.378 e. The van der Waals surface area contributed by atoms with E-state index in [2.05, 4.69) is 14.8 Å². The van der Waals surface area contributed by atoms with Gasteiger partial charge in [0.25, 0.3) is 0 Å². The van der Waals surface area contributed by atoms with Crippen LogP contribution in [-0.2, 0) is 22.5 Å². The number of hydrogen-bond donors (Lipinski definition) is 0. The second-order valence-corrected chi connectivity index (χ2v) is 9.61. The van der Waals surface area contributed by atoms with Crippen LogP contribution in [0.3, 0.4) is 0 Å². The van der Waals surface area contributed by atoms with Gasteiger partial charge in [0.05, 0.1) is 24.3 Å². The van der Waals surface area contributed by atoms with Gasteiger partial charge in [0, 0.05) is 38.9 Å². The van der Waals surface area contributed by atoms with Gasteiger partial charge in [-0.2, -0.15) is 0 Å². The molecule has 7 nitrogen and oxygen atoms in total. The molecule has 3 aliphatic rings. The molecular weight excluding hydrogens is 421 g/mol. The molecule has 1 aromatic heterocycles. The second kappa shape index (κ2) is 9.35. The number of rotatable bonds is 5. The Morgan fingerprint density at radius 3 is 2.55 bits per heavy atom. The number of amides is 1. The molecule has 176 valence electrons. The highest BCUT2D eigenvalue weighted by molar-refractivity contribution is 5.85. The summed E-state index contributed by atoms with van der Waals surface area (Å²) in [5.74, 6) is 0.825. The van der Waals surface area contributed by atoms with Gasteiger partial charge in [-0.05, 0) is 62.5 Å². The number of carbonyl (C=O) groups excluding carboxylic acids is 1. The molecule has 5 rings (SSSR count). The van der Waals surface area contributed by atoms with Crippen LogP contribution in [0.4, 0.5) is 10.3 Å². The van der Waals surface area contributed by atoms with Crippen molar-refractivity contribution < 1.29 is 13.9 Å². The number of nitrogens with zero attached hydrogens (tertiary/aromatic N) is 5. The number of ether oxygens (including phenoxy) is 1. The zero-order valence-electron chi connectivity index (χ0n) is 19.3. The van der Waals surface area contributed by atoms with E-state index in [0.29, 0.717) is 13.2 Å². The van der Waals surface area contributed by atoms with Crippen molar-refractivity contribution in [2.45, 2.75) is 38.3 Å². The first kappa shape index (κ1) is 22.2. The highest BCUT2D eigenvalue weighted by atomic mass is 19.1. The van der Waals surface area contributed by atoms with Crippen LogP contribution >= 0.6 is 0 Å². The van der Waals surface area contributed by atoms with E-state index in [1.54, 1.807) is 0 Å². The molecule has 0 bridgehead atoms. The van der Waals surface area contributed by atoms with E-state index in [4.69, 9.17) is 9.72 Å². The highest BCUT2D eigenvalue weighted by Gasteiger charge is 2.51. The Morgan fingerprint density at radius 2 is 1.82 bits per heavy atom. The minimum atomic E-state index is -0.263. The summed E-state index contributed by atoms with van der Waals surface area (Å²) < 4.78 is 18.7. The summed E-state index contributed by atoms with van der Waals surface area (Å²) in [4.78, 5) is 29.0. The van der Waals surface area contributed by atoms with Crippen molar-refractivity contribution in [2.75, 3.05) is 51.3 Å². The Bertz CT molecular complexity index is 971. The first-order valence-electron chi connectivity index (χ1n) is 11.9. The van der Waals surface area contributed by atoms with Gasteiger partial charge in [0.1, 0.15) is 5.82 Å². The van der Waals surface area contributed by atoms with Crippen molar-refractivity contribution in [3.63, 3.8) is 0 Å². The SMILES string of the molecule is CN1C(=O)C2(CCN(Cc3ccnc(N4CCOCC4)n3)CC2)CC1Cc1ccc(F)cc1. The Kier molecular flexibility index (Phi) is 6.29. The van der Waals surface area contributed by atoms with Crippen LogP contribution in [0.1, 0.15) is 30.5 Å². The van der Waals surface area contributed by atoms with Crippen LogP contribution in [0, 0.1) is 11.2 Å². The molecule has 1 amide bonds. The third-order valence-electron chi connectivity index (χ3n) is 7.53. The molecule has 0 radical (unpaired) electrons. The van der Waals surface area contributed by atoms with Gasteiger partial charge in [-0.1, -0.05) is 12.1 Å². The van der Waals surface area contributed by atoms with Crippen molar-refractivity contribution in [1.29, 1.82) is 0 Å². The molecule has 33 heavy (non-hydrogen) atoms. The molecule has 0 saturated carbocycles. The minimum absolute atomic E-state index is 0.174.